The summed E-state index contributed by atoms with van der Waals surface area (Å²) in [6, 6.07) is 13.4. The van der Waals surface area contributed by atoms with Crippen molar-refractivity contribution in [2.45, 2.75) is 0 Å². The van der Waals surface area contributed by atoms with E-state index in [0.717, 1.165) is 48.8 Å². The number of aromatic nitrogens is 3. The van der Waals surface area contributed by atoms with Gasteiger partial charge in [-0.1, -0.05) is 12.1 Å². The highest BCUT2D eigenvalue weighted by Gasteiger charge is 2.12. The molecule has 0 radical (unpaired) electrons. The molecule has 0 atom stereocenters. The number of pyridine rings is 1. The van der Waals surface area contributed by atoms with Crippen LogP contribution in [0.15, 0.2) is 48.7 Å². The van der Waals surface area contributed by atoms with Gasteiger partial charge in [-0.05, 0) is 24.3 Å². The minimum atomic E-state index is -0.501. The Hall–Kier alpha value is -2.73. The molecule has 0 spiro atoms. The van der Waals surface area contributed by atoms with E-state index in [1.54, 1.807) is 6.07 Å². The topological polar surface area (TPSA) is 54.0 Å². The van der Waals surface area contributed by atoms with Crippen LogP contribution in [-0.2, 0) is 4.74 Å². The minimum Gasteiger partial charge on any atom is -0.378 e. The molecule has 6 heteroatoms. The van der Waals surface area contributed by atoms with Crippen LogP contribution in [0.3, 0.4) is 0 Å². The maximum absolute atomic E-state index is 13.2. The van der Waals surface area contributed by atoms with Gasteiger partial charge in [0.05, 0.1) is 24.6 Å². The van der Waals surface area contributed by atoms with Gasteiger partial charge >= 0.3 is 0 Å². The zero-order valence-electron chi connectivity index (χ0n) is 13.1. The number of H-pyrrole nitrogens is 1. The molecular formula is C18H17FN4O. The van der Waals surface area contributed by atoms with Crippen LogP contribution in [0.1, 0.15) is 0 Å². The van der Waals surface area contributed by atoms with Gasteiger partial charge in [0.2, 0.25) is 5.95 Å². The fraction of sp³-hybridized carbons (Fsp3) is 0.222. The Kier molecular flexibility index (Phi) is 3.96. The van der Waals surface area contributed by atoms with E-state index < -0.39 is 5.95 Å². The predicted octanol–water partition coefficient (Wildman–Crippen LogP) is 3.11. The lowest BCUT2D eigenvalue weighted by molar-refractivity contribution is 0.122. The van der Waals surface area contributed by atoms with E-state index in [-0.39, 0.29) is 0 Å². The van der Waals surface area contributed by atoms with E-state index in [2.05, 4.69) is 44.3 Å². The number of hydrogen-bond donors (Lipinski definition) is 1. The van der Waals surface area contributed by atoms with Crippen molar-refractivity contribution in [3.63, 3.8) is 0 Å². The number of nitrogens with one attached hydrogen (secondary N) is 1. The van der Waals surface area contributed by atoms with Crippen LogP contribution >= 0.6 is 0 Å². The molecule has 0 aliphatic carbocycles. The molecule has 2 aromatic heterocycles. The highest BCUT2D eigenvalue weighted by Crippen LogP contribution is 2.26. The monoisotopic (exact) mass is 324 g/mol. The van der Waals surface area contributed by atoms with E-state index >= 15 is 0 Å². The first kappa shape index (κ1) is 14.8. The third kappa shape index (κ3) is 3.00. The van der Waals surface area contributed by atoms with Crippen LogP contribution in [0, 0.1) is 5.95 Å². The molecule has 5 nitrogen and oxygen atoms in total. The molecule has 1 fully saturated rings. The van der Waals surface area contributed by atoms with Gasteiger partial charge in [-0.15, -0.1) is 0 Å². The number of anilines is 1. The van der Waals surface area contributed by atoms with Crippen molar-refractivity contribution in [3.05, 3.63) is 54.6 Å². The normalized spacial score (nSPS) is 14.8. The minimum absolute atomic E-state index is 0.501. The second kappa shape index (κ2) is 6.41. The lowest BCUT2D eigenvalue weighted by Gasteiger charge is -2.28. The number of nitrogens with zero attached hydrogens (tertiary/aromatic N) is 3. The van der Waals surface area contributed by atoms with Crippen LogP contribution in [0.2, 0.25) is 0 Å². The van der Waals surface area contributed by atoms with E-state index in [1.165, 1.54) is 18.0 Å². The molecule has 3 aromatic rings. The van der Waals surface area contributed by atoms with Crippen LogP contribution in [0.4, 0.5) is 10.1 Å². The predicted molar refractivity (Wildman–Crippen MR) is 90.2 cm³/mol. The number of ether oxygens (including phenoxy) is 1. The summed E-state index contributed by atoms with van der Waals surface area (Å²) in [6.07, 6.45) is 1.45. The summed E-state index contributed by atoms with van der Waals surface area (Å²) in [5, 5.41) is 7.29. The number of aromatic amines is 1. The zero-order valence-corrected chi connectivity index (χ0v) is 13.1. The smallest absolute Gasteiger partial charge is 0.213 e. The van der Waals surface area contributed by atoms with Gasteiger partial charge in [0.1, 0.15) is 0 Å². The van der Waals surface area contributed by atoms with E-state index in [9.17, 15) is 4.39 Å². The third-order valence-electron chi connectivity index (χ3n) is 4.15. The Labute approximate surface area is 139 Å². The van der Waals surface area contributed by atoms with Gasteiger partial charge in [0.25, 0.3) is 0 Å². The number of hydrogen-bond acceptors (Lipinski definition) is 4. The van der Waals surface area contributed by atoms with Crippen molar-refractivity contribution in [3.8, 4) is 22.5 Å². The van der Waals surface area contributed by atoms with Gasteiger partial charge in [-0.3, -0.25) is 5.10 Å². The van der Waals surface area contributed by atoms with Gasteiger partial charge in [0.15, 0.2) is 0 Å². The lowest BCUT2D eigenvalue weighted by Crippen LogP contribution is -2.36. The third-order valence-corrected chi connectivity index (χ3v) is 4.15. The molecule has 0 saturated carbocycles. The lowest BCUT2D eigenvalue weighted by atomic mass is 10.1. The quantitative estimate of drug-likeness (QED) is 0.752. The van der Waals surface area contributed by atoms with Gasteiger partial charge in [-0.2, -0.15) is 9.49 Å². The molecule has 0 amide bonds. The van der Waals surface area contributed by atoms with Crippen molar-refractivity contribution < 1.29 is 9.13 Å². The second-order valence-electron chi connectivity index (χ2n) is 5.68. The molecular weight excluding hydrogens is 307 g/mol. The summed E-state index contributed by atoms with van der Waals surface area (Å²) in [5.41, 5.74) is 4.53. The first-order valence-electron chi connectivity index (χ1n) is 7.90. The average molecular weight is 324 g/mol. The molecule has 3 heterocycles. The highest BCUT2D eigenvalue weighted by molar-refractivity contribution is 5.69. The number of morpholine rings is 1. The van der Waals surface area contributed by atoms with Crippen LogP contribution in [0.25, 0.3) is 22.5 Å². The number of halogens is 1. The first-order valence-corrected chi connectivity index (χ1v) is 7.90. The Morgan fingerprint density at radius 2 is 1.79 bits per heavy atom. The maximum Gasteiger partial charge on any atom is 0.213 e. The van der Waals surface area contributed by atoms with E-state index in [0.29, 0.717) is 0 Å². The molecule has 1 saturated heterocycles. The summed E-state index contributed by atoms with van der Waals surface area (Å²) in [7, 11) is 0. The molecule has 4 rings (SSSR count). The van der Waals surface area contributed by atoms with E-state index in [1.807, 2.05) is 6.07 Å². The molecule has 1 aromatic carbocycles. The summed E-state index contributed by atoms with van der Waals surface area (Å²) in [4.78, 5) is 5.88. The second-order valence-corrected chi connectivity index (χ2v) is 5.68. The Balaban J connectivity index is 1.56. The van der Waals surface area contributed by atoms with Crippen molar-refractivity contribution in [1.29, 1.82) is 0 Å². The molecule has 0 bridgehead atoms. The fourth-order valence-electron chi connectivity index (χ4n) is 2.85. The fourth-order valence-corrected chi connectivity index (χ4v) is 2.85. The molecule has 0 unspecified atom stereocenters. The summed E-state index contributed by atoms with van der Waals surface area (Å²) in [6.45, 7) is 3.37. The Bertz CT molecular complexity index is 825. The van der Waals surface area contributed by atoms with Crippen LogP contribution in [-0.4, -0.2) is 41.5 Å². The number of benzene rings is 1. The Morgan fingerprint density at radius 1 is 1.00 bits per heavy atom. The van der Waals surface area contributed by atoms with Gasteiger partial charge < -0.3 is 9.64 Å². The Morgan fingerprint density at radius 3 is 2.54 bits per heavy atom. The molecule has 122 valence electrons. The SMILES string of the molecule is Fc1cc(-c2cc(-c3ccc(N4CCOCC4)cc3)n[nH]2)ccn1. The van der Waals surface area contributed by atoms with E-state index in [4.69, 9.17) is 4.74 Å². The maximum atomic E-state index is 13.2. The van der Waals surface area contributed by atoms with Crippen molar-refractivity contribution in [1.82, 2.24) is 15.2 Å². The molecule has 1 aliphatic rings. The summed E-state index contributed by atoms with van der Waals surface area (Å²) in [5.74, 6) is -0.501. The largest absolute Gasteiger partial charge is 0.378 e. The van der Waals surface area contributed by atoms with Crippen molar-refractivity contribution in [2.75, 3.05) is 31.2 Å². The first-order chi connectivity index (χ1) is 11.8. The average Bonchev–Trinajstić information content (AvgIpc) is 3.13. The van der Waals surface area contributed by atoms with Gasteiger partial charge in [0, 0.05) is 42.2 Å². The van der Waals surface area contributed by atoms with Crippen molar-refractivity contribution in [2.24, 2.45) is 0 Å². The molecule has 1 N–H and O–H groups in total. The molecule has 24 heavy (non-hydrogen) atoms. The van der Waals surface area contributed by atoms with Gasteiger partial charge in [-0.25, -0.2) is 4.98 Å². The van der Waals surface area contributed by atoms with Crippen LogP contribution in [0.5, 0.6) is 0 Å². The molecule has 1 aliphatic heterocycles. The van der Waals surface area contributed by atoms with Crippen LogP contribution < -0.4 is 4.90 Å². The van der Waals surface area contributed by atoms with Crippen molar-refractivity contribution >= 4 is 5.69 Å². The standard InChI is InChI=1S/C18H17FN4O/c19-18-11-14(5-6-20-18)17-12-16(21-22-17)13-1-3-15(4-2-13)23-7-9-24-10-8-23/h1-6,11-12H,7-10H2,(H,21,22). The summed E-state index contributed by atoms with van der Waals surface area (Å²) >= 11 is 0. The highest BCUT2D eigenvalue weighted by atomic mass is 19.1. The number of rotatable bonds is 3. The summed E-state index contributed by atoms with van der Waals surface area (Å²) < 4.78 is 18.6. The zero-order chi connectivity index (χ0) is 16.4.